The summed E-state index contributed by atoms with van der Waals surface area (Å²) >= 11 is 0. The second kappa shape index (κ2) is 4.26. The lowest BCUT2D eigenvalue weighted by Gasteiger charge is -2.01. The van der Waals surface area contributed by atoms with Crippen LogP contribution >= 0.6 is 0 Å². The van der Waals surface area contributed by atoms with Crippen molar-refractivity contribution in [3.63, 3.8) is 0 Å². The van der Waals surface area contributed by atoms with Gasteiger partial charge in [0.25, 0.3) is 0 Å². The van der Waals surface area contributed by atoms with Crippen LogP contribution in [-0.2, 0) is 13.5 Å². The minimum Gasteiger partial charge on any atom is -0.332 e. The molecule has 0 amide bonds. The molecule has 4 heteroatoms. The fourth-order valence-corrected chi connectivity index (χ4v) is 1.50. The molecule has 0 radical (unpaired) electrons. The number of carbonyl (C=O) groups is 1. The molecule has 2 aromatic rings. The Bertz CT molecular complexity index is 502. The minimum atomic E-state index is -0.298. The maximum absolute atomic E-state index is 12.7. The Kier molecular flexibility index (Phi) is 2.81. The summed E-state index contributed by atoms with van der Waals surface area (Å²) in [5.41, 5.74) is 0.786. The van der Waals surface area contributed by atoms with Crippen molar-refractivity contribution in [2.24, 2.45) is 7.05 Å². The Labute approximate surface area is 92.5 Å². The number of aryl methyl sites for hydroxylation is 1. The molecule has 0 fully saturated rings. The number of halogens is 1. The van der Waals surface area contributed by atoms with Gasteiger partial charge in [0.1, 0.15) is 5.82 Å². The van der Waals surface area contributed by atoms with Crippen molar-refractivity contribution in [1.82, 2.24) is 9.55 Å². The molecule has 0 saturated heterocycles. The van der Waals surface area contributed by atoms with E-state index < -0.39 is 0 Å². The number of benzene rings is 1. The van der Waals surface area contributed by atoms with Gasteiger partial charge in [0.2, 0.25) is 5.78 Å². The largest absolute Gasteiger partial charge is 0.332 e. The summed E-state index contributed by atoms with van der Waals surface area (Å²) in [7, 11) is 1.77. The van der Waals surface area contributed by atoms with Crippen LogP contribution in [0.2, 0.25) is 0 Å². The Balaban J connectivity index is 2.14. The average molecular weight is 218 g/mol. The smallest absolute Gasteiger partial charge is 0.202 e. The first-order valence-corrected chi connectivity index (χ1v) is 4.92. The lowest BCUT2D eigenvalue weighted by atomic mass is 10.1. The van der Waals surface area contributed by atoms with Gasteiger partial charge in [0.15, 0.2) is 5.82 Å². The van der Waals surface area contributed by atoms with Crippen LogP contribution in [0.4, 0.5) is 4.39 Å². The molecule has 0 aliphatic carbocycles. The first-order chi connectivity index (χ1) is 7.66. The first kappa shape index (κ1) is 10.5. The molecular weight excluding hydrogens is 207 g/mol. The highest BCUT2D eigenvalue weighted by molar-refractivity contribution is 5.94. The van der Waals surface area contributed by atoms with Crippen molar-refractivity contribution in [2.75, 3.05) is 0 Å². The average Bonchev–Trinajstić information content (AvgIpc) is 2.68. The number of carbonyl (C=O) groups excluding carboxylic acids is 1. The van der Waals surface area contributed by atoms with Crippen LogP contribution in [0.5, 0.6) is 0 Å². The highest BCUT2D eigenvalue weighted by Crippen LogP contribution is 2.07. The first-order valence-electron chi connectivity index (χ1n) is 4.92. The van der Waals surface area contributed by atoms with Gasteiger partial charge in [-0.05, 0) is 17.7 Å². The summed E-state index contributed by atoms with van der Waals surface area (Å²) in [6.07, 6.45) is 3.54. The Morgan fingerprint density at radius 2 is 2.06 bits per heavy atom. The maximum atomic E-state index is 12.7. The van der Waals surface area contributed by atoms with Gasteiger partial charge < -0.3 is 4.57 Å². The summed E-state index contributed by atoms with van der Waals surface area (Å²) in [6, 6.07) is 5.91. The second-order valence-electron chi connectivity index (χ2n) is 3.59. The van der Waals surface area contributed by atoms with E-state index in [0.717, 1.165) is 5.56 Å². The van der Waals surface area contributed by atoms with Gasteiger partial charge in [-0.25, -0.2) is 9.37 Å². The molecule has 0 atom stereocenters. The van der Waals surface area contributed by atoms with Crippen LogP contribution in [0.1, 0.15) is 16.2 Å². The fraction of sp³-hybridized carbons (Fsp3) is 0.167. The third-order valence-electron chi connectivity index (χ3n) is 2.35. The van der Waals surface area contributed by atoms with Crippen LogP contribution < -0.4 is 0 Å². The summed E-state index contributed by atoms with van der Waals surface area (Å²) < 4.78 is 14.3. The van der Waals surface area contributed by atoms with Crippen molar-refractivity contribution < 1.29 is 9.18 Å². The van der Waals surface area contributed by atoms with Gasteiger partial charge in [-0.15, -0.1) is 0 Å². The molecule has 3 nitrogen and oxygen atoms in total. The van der Waals surface area contributed by atoms with E-state index in [1.54, 1.807) is 36.1 Å². The van der Waals surface area contributed by atoms with Gasteiger partial charge in [-0.3, -0.25) is 4.79 Å². The van der Waals surface area contributed by atoms with Crippen LogP contribution in [0.25, 0.3) is 0 Å². The minimum absolute atomic E-state index is 0.0703. The van der Waals surface area contributed by atoms with Crippen molar-refractivity contribution >= 4 is 5.78 Å². The lowest BCUT2D eigenvalue weighted by molar-refractivity contribution is 0.0980. The van der Waals surface area contributed by atoms with Crippen LogP contribution in [0.3, 0.4) is 0 Å². The fourth-order valence-electron chi connectivity index (χ4n) is 1.50. The van der Waals surface area contributed by atoms with E-state index in [0.29, 0.717) is 5.82 Å². The van der Waals surface area contributed by atoms with Gasteiger partial charge in [-0.1, -0.05) is 12.1 Å². The topological polar surface area (TPSA) is 34.9 Å². The number of aromatic nitrogens is 2. The molecule has 0 aliphatic rings. The Hall–Kier alpha value is -1.97. The second-order valence-corrected chi connectivity index (χ2v) is 3.59. The van der Waals surface area contributed by atoms with Crippen molar-refractivity contribution in [2.45, 2.75) is 6.42 Å². The van der Waals surface area contributed by atoms with E-state index in [4.69, 9.17) is 0 Å². The van der Waals surface area contributed by atoms with Gasteiger partial charge in [-0.2, -0.15) is 0 Å². The highest BCUT2D eigenvalue weighted by atomic mass is 19.1. The zero-order valence-corrected chi connectivity index (χ0v) is 8.85. The SMILES string of the molecule is Cn1ccnc1C(=O)Cc1ccc(F)cc1. The number of ketones is 1. The summed E-state index contributed by atoms with van der Waals surface area (Å²) in [5, 5.41) is 0. The molecule has 0 bridgehead atoms. The van der Waals surface area contributed by atoms with Crippen LogP contribution in [0, 0.1) is 5.82 Å². The highest BCUT2D eigenvalue weighted by Gasteiger charge is 2.11. The van der Waals surface area contributed by atoms with E-state index in [2.05, 4.69) is 4.98 Å². The predicted octanol–water partition coefficient (Wildman–Crippen LogP) is 1.98. The number of imidazole rings is 1. The number of nitrogens with zero attached hydrogens (tertiary/aromatic N) is 2. The van der Waals surface area contributed by atoms with E-state index in [-0.39, 0.29) is 18.0 Å². The van der Waals surface area contributed by atoms with E-state index in [1.165, 1.54) is 12.1 Å². The Morgan fingerprint density at radius 1 is 1.38 bits per heavy atom. The maximum Gasteiger partial charge on any atom is 0.202 e. The van der Waals surface area contributed by atoms with E-state index >= 15 is 0 Å². The Morgan fingerprint density at radius 3 is 2.62 bits per heavy atom. The lowest BCUT2D eigenvalue weighted by Crippen LogP contribution is -2.10. The van der Waals surface area contributed by atoms with Gasteiger partial charge >= 0.3 is 0 Å². The monoisotopic (exact) mass is 218 g/mol. The third-order valence-corrected chi connectivity index (χ3v) is 2.35. The molecule has 0 N–H and O–H groups in total. The predicted molar refractivity (Wildman–Crippen MR) is 57.6 cm³/mol. The molecule has 0 saturated carbocycles. The number of hydrogen-bond acceptors (Lipinski definition) is 2. The molecule has 2 rings (SSSR count). The zero-order chi connectivity index (χ0) is 11.5. The van der Waals surface area contributed by atoms with Crippen molar-refractivity contribution in [1.29, 1.82) is 0 Å². The molecule has 1 aromatic carbocycles. The standard InChI is InChI=1S/C12H11FN2O/c1-15-7-6-14-12(15)11(16)8-9-2-4-10(13)5-3-9/h2-7H,8H2,1H3. The third kappa shape index (κ3) is 2.16. The van der Waals surface area contributed by atoms with E-state index in [9.17, 15) is 9.18 Å². The molecule has 0 aliphatic heterocycles. The molecule has 16 heavy (non-hydrogen) atoms. The summed E-state index contributed by atoms with van der Waals surface area (Å²) in [5.74, 6) is 0.0524. The quantitative estimate of drug-likeness (QED) is 0.738. The molecule has 0 spiro atoms. The molecule has 1 heterocycles. The number of hydrogen-bond donors (Lipinski definition) is 0. The summed E-state index contributed by atoms with van der Waals surface area (Å²) in [6.45, 7) is 0. The number of rotatable bonds is 3. The molecular formula is C12H11FN2O. The number of Topliss-reactive ketones (excluding diaryl/α,β-unsaturated/α-hetero) is 1. The molecule has 1 aromatic heterocycles. The van der Waals surface area contributed by atoms with Crippen molar-refractivity contribution in [3.8, 4) is 0 Å². The van der Waals surface area contributed by atoms with Crippen molar-refractivity contribution in [3.05, 3.63) is 53.9 Å². The normalized spacial score (nSPS) is 10.4. The van der Waals surface area contributed by atoms with Gasteiger partial charge in [0.05, 0.1) is 0 Å². The van der Waals surface area contributed by atoms with Gasteiger partial charge in [0, 0.05) is 25.9 Å². The molecule has 0 unspecified atom stereocenters. The summed E-state index contributed by atoms with van der Waals surface area (Å²) in [4.78, 5) is 15.8. The zero-order valence-electron chi connectivity index (χ0n) is 8.85. The van der Waals surface area contributed by atoms with E-state index in [1.807, 2.05) is 0 Å². The van der Waals surface area contributed by atoms with Crippen LogP contribution in [-0.4, -0.2) is 15.3 Å². The van der Waals surface area contributed by atoms with Crippen LogP contribution in [0.15, 0.2) is 36.7 Å². The molecule has 82 valence electrons.